The Bertz CT molecular complexity index is 2230. The van der Waals surface area contributed by atoms with Crippen LogP contribution >= 0.6 is 0 Å². The van der Waals surface area contributed by atoms with Gasteiger partial charge in [0.15, 0.2) is 23.1 Å². The minimum atomic E-state index is -0.989. The highest BCUT2D eigenvalue weighted by molar-refractivity contribution is 5.97. The van der Waals surface area contributed by atoms with Crippen molar-refractivity contribution in [2.24, 2.45) is 11.7 Å². The lowest BCUT2D eigenvalue weighted by atomic mass is 9.99. The van der Waals surface area contributed by atoms with E-state index < -0.39 is 23.1 Å². The highest BCUT2D eigenvalue weighted by atomic mass is 19.1. The molecule has 1 amide bonds. The molecule has 0 atom stereocenters. The third-order valence-corrected chi connectivity index (χ3v) is 8.79. The quantitative estimate of drug-likeness (QED) is 0.182. The molecule has 0 aliphatic carbocycles. The summed E-state index contributed by atoms with van der Waals surface area (Å²) in [6.45, 7) is 2.92. The molecule has 0 unspecified atom stereocenters. The molecule has 11 nitrogen and oxygen atoms in total. The normalized spacial score (nSPS) is 14.0. The molecule has 5 aromatic rings. The molecular weight excluding hydrogens is 648 g/mol. The number of nitriles is 1. The Labute approximate surface area is 285 Å². The van der Waals surface area contributed by atoms with Gasteiger partial charge in [-0.15, -0.1) is 0 Å². The molecule has 2 aliphatic rings. The largest absolute Gasteiger partial charge is 0.493 e. The first-order chi connectivity index (χ1) is 24.3. The van der Waals surface area contributed by atoms with Crippen LogP contribution in [-0.4, -0.2) is 60.3 Å². The molecular formula is C37H31F2N5O6. The van der Waals surface area contributed by atoms with Crippen LogP contribution in [0.4, 0.5) is 8.78 Å². The van der Waals surface area contributed by atoms with Crippen LogP contribution in [-0.2, 0) is 6.42 Å². The number of halogens is 2. The van der Waals surface area contributed by atoms with Gasteiger partial charge in [-0.05, 0) is 55.0 Å². The number of nitrogens with two attached hydrogens (primary N) is 1. The Balaban J connectivity index is 1.29. The molecule has 13 heteroatoms. The molecule has 1 saturated heterocycles. The molecule has 50 heavy (non-hydrogen) atoms. The summed E-state index contributed by atoms with van der Waals surface area (Å²) in [6, 6.07) is 16.7. The first-order valence-corrected chi connectivity index (χ1v) is 16.0. The van der Waals surface area contributed by atoms with Crippen molar-refractivity contribution in [3.8, 4) is 51.8 Å². The number of carbonyl (C=O) groups excluding carboxylic acids is 1. The Morgan fingerprint density at radius 2 is 1.90 bits per heavy atom. The SMILES string of the molecule is COc1cc2c(Oc3c(F)cccc3-c3c4c(c(C(N)=O)c(=O)n3-c3ccc(F)cc3)OCC4)ccnc2cc1OCCCN1CC(C#N)C1. The van der Waals surface area contributed by atoms with Crippen LogP contribution in [0, 0.1) is 28.9 Å². The lowest BCUT2D eigenvalue weighted by molar-refractivity contribution is 0.0995. The number of benzene rings is 3. The van der Waals surface area contributed by atoms with Crippen molar-refractivity contribution in [1.29, 1.82) is 5.26 Å². The number of ether oxygens (including phenoxy) is 4. The van der Waals surface area contributed by atoms with E-state index in [0.29, 0.717) is 34.6 Å². The van der Waals surface area contributed by atoms with Crippen LogP contribution in [0.3, 0.4) is 0 Å². The van der Waals surface area contributed by atoms with Crippen LogP contribution in [0.5, 0.6) is 28.7 Å². The molecule has 0 saturated carbocycles. The molecule has 2 aliphatic heterocycles. The Morgan fingerprint density at radius 1 is 1.10 bits per heavy atom. The second kappa shape index (κ2) is 13.5. The van der Waals surface area contributed by atoms with Gasteiger partial charge in [0.25, 0.3) is 11.5 Å². The maximum absolute atomic E-state index is 15.9. The maximum Gasteiger partial charge on any atom is 0.272 e. The van der Waals surface area contributed by atoms with E-state index in [0.717, 1.165) is 26.1 Å². The monoisotopic (exact) mass is 679 g/mol. The molecule has 2 aromatic heterocycles. The summed E-state index contributed by atoms with van der Waals surface area (Å²) < 4.78 is 54.9. The van der Waals surface area contributed by atoms with Crippen LogP contribution in [0.1, 0.15) is 22.3 Å². The average molecular weight is 680 g/mol. The topological polar surface area (TPSA) is 142 Å². The van der Waals surface area contributed by atoms with E-state index in [4.69, 9.17) is 29.9 Å². The van der Waals surface area contributed by atoms with Crippen molar-refractivity contribution in [1.82, 2.24) is 14.5 Å². The summed E-state index contributed by atoms with van der Waals surface area (Å²) in [5, 5.41) is 9.49. The standard InChI is InChI=1S/C37H31F2N5O6/c1-47-30-16-26-28(17-31(30)48-14-3-13-43-19-21(18-40)20-43)42-12-10-29(26)50-34-24(4-2-5-27(34)39)33-25-11-15-49-35(25)32(36(41)45)37(46)44(33)23-8-6-22(38)7-9-23/h2,4-10,12,16-17,21H,3,11,13-15,19-20H2,1H3,(H2,41,45). The zero-order valence-electron chi connectivity index (χ0n) is 26.9. The van der Waals surface area contributed by atoms with Gasteiger partial charge in [-0.3, -0.25) is 19.1 Å². The van der Waals surface area contributed by atoms with Gasteiger partial charge >= 0.3 is 0 Å². The zero-order chi connectivity index (χ0) is 34.9. The number of amides is 1. The summed E-state index contributed by atoms with van der Waals surface area (Å²) in [6.07, 6.45) is 2.55. The molecule has 0 spiro atoms. The predicted molar refractivity (Wildman–Crippen MR) is 179 cm³/mol. The highest BCUT2D eigenvalue weighted by Gasteiger charge is 2.32. The number of likely N-dealkylation sites (tertiary alicyclic amines) is 1. The second-order valence-electron chi connectivity index (χ2n) is 11.9. The molecule has 0 radical (unpaired) electrons. The Morgan fingerprint density at radius 3 is 2.64 bits per heavy atom. The number of primary amides is 1. The van der Waals surface area contributed by atoms with E-state index in [1.807, 2.05) is 0 Å². The Kier molecular flexibility index (Phi) is 8.78. The lowest BCUT2D eigenvalue weighted by Gasteiger charge is -2.35. The van der Waals surface area contributed by atoms with Gasteiger partial charge in [0.2, 0.25) is 0 Å². The fraction of sp³-hybridized carbons (Fsp3) is 0.243. The smallest absolute Gasteiger partial charge is 0.272 e. The number of pyridine rings is 2. The number of aromatic nitrogens is 2. The summed E-state index contributed by atoms with van der Waals surface area (Å²) in [5.41, 5.74) is 6.04. The fourth-order valence-corrected chi connectivity index (χ4v) is 6.39. The van der Waals surface area contributed by atoms with Crippen LogP contribution in [0.15, 0.2) is 71.7 Å². The summed E-state index contributed by atoms with van der Waals surface area (Å²) >= 11 is 0. The van der Waals surface area contributed by atoms with Gasteiger partial charge in [0.05, 0.1) is 43.5 Å². The molecule has 254 valence electrons. The van der Waals surface area contributed by atoms with Crippen molar-refractivity contribution in [3.05, 3.63) is 100.0 Å². The minimum absolute atomic E-state index is 0.0222. The van der Waals surface area contributed by atoms with E-state index in [2.05, 4.69) is 16.0 Å². The number of hydrogen-bond donors (Lipinski definition) is 1. The number of methoxy groups -OCH3 is 1. The van der Waals surface area contributed by atoms with E-state index in [9.17, 15) is 14.0 Å². The lowest BCUT2D eigenvalue weighted by Crippen LogP contribution is -2.46. The Hall–Kier alpha value is -6.00. The molecule has 2 N–H and O–H groups in total. The number of carbonyl (C=O) groups is 1. The fourth-order valence-electron chi connectivity index (χ4n) is 6.39. The predicted octanol–water partition coefficient (Wildman–Crippen LogP) is 5.39. The van der Waals surface area contributed by atoms with Crippen molar-refractivity contribution < 1.29 is 32.5 Å². The van der Waals surface area contributed by atoms with E-state index >= 15 is 4.39 Å². The molecule has 0 bridgehead atoms. The number of hydrogen-bond acceptors (Lipinski definition) is 9. The number of fused-ring (bicyclic) bond motifs is 2. The van der Waals surface area contributed by atoms with Crippen LogP contribution in [0.2, 0.25) is 0 Å². The zero-order valence-corrected chi connectivity index (χ0v) is 26.9. The third-order valence-electron chi connectivity index (χ3n) is 8.79. The van der Waals surface area contributed by atoms with Gasteiger partial charge in [-0.1, -0.05) is 6.07 Å². The number of rotatable bonds is 11. The summed E-state index contributed by atoms with van der Waals surface area (Å²) in [5.74, 6) is -1.21. The van der Waals surface area contributed by atoms with Gasteiger partial charge in [0, 0.05) is 60.5 Å². The molecule has 7 rings (SSSR count). The van der Waals surface area contributed by atoms with Crippen molar-refractivity contribution >= 4 is 16.8 Å². The second-order valence-corrected chi connectivity index (χ2v) is 11.9. The molecule has 3 aromatic carbocycles. The van der Waals surface area contributed by atoms with Crippen molar-refractivity contribution in [2.45, 2.75) is 12.8 Å². The molecule has 1 fully saturated rings. The van der Waals surface area contributed by atoms with Gasteiger partial charge in [-0.2, -0.15) is 5.26 Å². The first-order valence-electron chi connectivity index (χ1n) is 16.0. The van der Waals surface area contributed by atoms with Gasteiger partial charge in [-0.25, -0.2) is 8.78 Å². The third kappa shape index (κ3) is 5.94. The van der Waals surface area contributed by atoms with Gasteiger partial charge in [0.1, 0.15) is 22.9 Å². The average Bonchev–Trinajstić information content (AvgIpc) is 3.57. The number of nitrogens with zero attached hydrogens (tertiary/aromatic N) is 4. The first kappa shape index (κ1) is 32.5. The summed E-state index contributed by atoms with van der Waals surface area (Å²) in [7, 11) is 1.51. The summed E-state index contributed by atoms with van der Waals surface area (Å²) in [4.78, 5) is 33.2. The van der Waals surface area contributed by atoms with E-state index in [-0.39, 0.29) is 58.7 Å². The number of para-hydroxylation sites is 1. The van der Waals surface area contributed by atoms with Crippen molar-refractivity contribution in [3.63, 3.8) is 0 Å². The van der Waals surface area contributed by atoms with Gasteiger partial charge < -0.3 is 29.6 Å². The minimum Gasteiger partial charge on any atom is -0.493 e. The molecule has 4 heterocycles. The van der Waals surface area contributed by atoms with Crippen LogP contribution in [0.25, 0.3) is 27.8 Å². The van der Waals surface area contributed by atoms with Crippen LogP contribution < -0.4 is 30.2 Å². The van der Waals surface area contributed by atoms with E-state index in [1.54, 1.807) is 24.3 Å². The maximum atomic E-state index is 15.9. The van der Waals surface area contributed by atoms with E-state index in [1.165, 1.54) is 54.3 Å². The highest BCUT2D eigenvalue weighted by Crippen LogP contribution is 2.44. The van der Waals surface area contributed by atoms with Crippen molar-refractivity contribution in [2.75, 3.05) is 40.0 Å².